The van der Waals surface area contributed by atoms with Crippen LogP contribution >= 0.6 is 0 Å². The number of sulfonamides is 1. The number of carbonyl (C=O) groups excluding carboxylic acids is 1. The van der Waals surface area contributed by atoms with Crippen LogP contribution in [0.4, 0.5) is 36.4 Å². The maximum atomic E-state index is 14.4. The number of carbonyl (C=O) groups is 1. The van der Waals surface area contributed by atoms with E-state index >= 15 is 0 Å². The van der Waals surface area contributed by atoms with E-state index in [9.17, 15) is 43.9 Å². The van der Waals surface area contributed by atoms with Crippen LogP contribution < -0.4 is 10.0 Å². The van der Waals surface area contributed by atoms with Crippen molar-refractivity contribution < 1.29 is 43.9 Å². The number of halogens is 7. The molecule has 2 fully saturated rings. The Hall–Kier alpha value is -2.87. The third kappa shape index (κ3) is 7.65. The predicted octanol–water partition coefficient (Wildman–Crippen LogP) is 5.54. The highest BCUT2D eigenvalue weighted by molar-refractivity contribution is 7.92. The first-order valence-corrected chi connectivity index (χ1v) is 14.4. The van der Waals surface area contributed by atoms with Crippen molar-refractivity contribution in [2.45, 2.75) is 51.1 Å². The second-order valence-corrected chi connectivity index (χ2v) is 12.4. The summed E-state index contributed by atoms with van der Waals surface area (Å²) in [5, 5.41) is 2.57. The van der Waals surface area contributed by atoms with Gasteiger partial charge in [0.15, 0.2) is 0 Å². The highest BCUT2D eigenvalue weighted by atomic mass is 32.2. The fourth-order valence-corrected chi connectivity index (χ4v) is 5.67. The van der Waals surface area contributed by atoms with E-state index in [0.717, 1.165) is 19.1 Å². The fraction of sp³-hybridized carbons (Fsp3) is 0.500. The van der Waals surface area contributed by atoms with E-state index in [-0.39, 0.29) is 30.4 Å². The van der Waals surface area contributed by atoms with Crippen molar-refractivity contribution in [1.29, 1.82) is 0 Å². The predicted molar refractivity (Wildman–Crippen MR) is 133 cm³/mol. The van der Waals surface area contributed by atoms with Crippen LogP contribution in [-0.4, -0.2) is 38.6 Å². The van der Waals surface area contributed by atoms with Crippen LogP contribution in [0.1, 0.15) is 47.9 Å². The lowest BCUT2D eigenvalue weighted by Gasteiger charge is -2.29. The zero-order chi connectivity index (χ0) is 29.5. The van der Waals surface area contributed by atoms with Gasteiger partial charge in [-0.3, -0.25) is 14.4 Å². The molecular formula is C26H28F7N3O3S. The van der Waals surface area contributed by atoms with Crippen LogP contribution in [0.2, 0.25) is 0 Å². The number of hydrogen-bond acceptors (Lipinski definition) is 4. The molecule has 2 aliphatic rings. The molecule has 1 unspecified atom stereocenters. The van der Waals surface area contributed by atoms with Gasteiger partial charge in [-0.25, -0.2) is 12.8 Å². The van der Waals surface area contributed by atoms with E-state index in [1.165, 1.54) is 12.1 Å². The van der Waals surface area contributed by atoms with Gasteiger partial charge in [0, 0.05) is 19.6 Å². The summed E-state index contributed by atoms with van der Waals surface area (Å²) in [6, 6.07) is 5.29. The number of anilines is 1. The Kier molecular flexibility index (Phi) is 8.16. The summed E-state index contributed by atoms with van der Waals surface area (Å²) >= 11 is 0. The van der Waals surface area contributed by atoms with Crippen LogP contribution in [0, 0.1) is 17.2 Å². The Labute approximate surface area is 227 Å². The lowest BCUT2D eigenvalue weighted by atomic mass is 9.80. The van der Waals surface area contributed by atoms with Gasteiger partial charge in [0.2, 0.25) is 15.9 Å². The second kappa shape index (κ2) is 10.8. The summed E-state index contributed by atoms with van der Waals surface area (Å²) in [4.78, 5) is 15.3. The number of hydrogen-bond donors (Lipinski definition) is 2. The minimum absolute atomic E-state index is 0.0430. The molecule has 1 saturated carbocycles. The van der Waals surface area contributed by atoms with Gasteiger partial charge in [-0.2, -0.15) is 26.3 Å². The van der Waals surface area contributed by atoms with Gasteiger partial charge in [-0.05, 0) is 66.8 Å². The molecule has 1 atom stereocenters. The highest BCUT2D eigenvalue weighted by Crippen LogP contribution is 2.46. The number of nitrogens with one attached hydrogen (secondary N) is 2. The summed E-state index contributed by atoms with van der Waals surface area (Å²) in [7, 11) is -3.67. The van der Waals surface area contributed by atoms with E-state index < -0.39 is 57.2 Å². The maximum absolute atomic E-state index is 14.4. The SMILES string of the molecule is CS(=O)(=O)Nc1ccc(CN2CCC(CC3CC3)(C(=O)NCc3cc(C(F)(F)F)cc(C(F)(F)F)c3)C2)cc1F. The Morgan fingerprint density at radius 2 is 1.62 bits per heavy atom. The first-order chi connectivity index (χ1) is 18.4. The molecule has 2 aromatic rings. The van der Waals surface area contributed by atoms with Crippen molar-refractivity contribution in [1.82, 2.24) is 10.2 Å². The van der Waals surface area contributed by atoms with Gasteiger partial charge in [-0.1, -0.05) is 18.9 Å². The van der Waals surface area contributed by atoms with Crippen molar-refractivity contribution in [2.24, 2.45) is 11.3 Å². The highest BCUT2D eigenvalue weighted by Gasteiger charge is 2.47. The number of likely N-dealkylation sites (tertiary alicyclic amines) is 1. The lowest BCUT2D eigenvalue weighted by molar-refractivity contribution is -0.143. The molecule has 1 aliphatic carbocycles. The molecule has 6 nitrogen and oxygen atoms in total. The van der Waals surface area contributed by atoms with Gasteiger partial charge >= 0.3 is 12.4 Å². The molecule has 1 heterocycles. The fourth-order valence-electron chi connectivity index (χ4n) is 5.10. The largest absolute Gasteiger partial charge is 0.416 e. The number of alkyl halides is 6. The normalized spacial score (nSPS) is 20.5. The molecule has 4 rings (SSSR count). The first kappa shape index (κ1) is 30.1. The van der Waals surface area contributed by atoms with Gasteiger partial charge in [0.25, 0.3) is 0 Å². The van der Waals surface area contributed by atoms with Crippen LogP contribution in [0.3, 0.4) is 0 Å². The average molecular weight is 596 g/mol. The molecule has 2 N–H and O–H groups in total. The number of nitrogens with zero attached hydrogens (tertiary/aromatic N) is 1. The first-order valence-electron chi connectivity index (χ1n) is 12.5. The van der Waals surface area contributed by atoms with E-state index in [0.29, 0.717) is 43.0 Å². The molecule has 1 amide bonds. The molecule has 1 saturated heterocycles. The van der Waals surface area contributed by atoms with Crippen molar-refractivity contribution >= 4 is 21.6 Å². The smallest absolute Gasteiger partial charge is 0.352 e. The van der Waals surface area contributed by atoms with Crippen molar-refractivity contribution in [2.75, 3.05) is 24.1 Å². The van der Waals surface area contributed by atoms with E-state index in [1.54, 1.807) is 6.07 Å². The topological polar surface area (TPSA) is 78.5 Å². The molecule has 0 bridgehead atoms. The van der Waals surface area contributed by atoms with Crippen molar-refractivity contribution in [3.8, 4) is 0 Å². The Balaban J connectivity index is 1.47. The van der Waals surface area contributed by atoms with E-state index in [1.807, 2.05) is 4.90 Å². The van der Waals surface area contributed by atoms with E-state index in [4.69, 9.17) is 0 Å². The third-order valence-electron chi connectivity index (χ3n) is 7.13. The summed E-state index contributed by atoms with van der Waals surface area (Å²) in [5.41, 5.74) is -3.76. The molecule has 2 aromatic carbocycles. The molecule has 0 radical (unpaired) electrons. The molecule has 40 heavy (non-hydrogen) atoms. The zero-order valence-electron chi connectivity index (χ0n) is 21.4. The molecule has 220 valence electrons. The monoisotopic (exact) mass is 595 g/mol. The van der Waals surface area contributed by atoms with Crippen LogP contribution in [0.15, 0.2) is 36.4 Å². The minimum atomic E-state index is -4.99. The van der Waals surface area contributed by atoms with Gasteiger partial charge in [0.1, 0.15) is 5.82 Å². The Morgan fingerprint density at radius 3 is 2.15 bits per heavy atom. The van der Waals surface area contributed by atoms with Crippen LogP contribution in [0.25, 0.3) is 0 Å². The quantitative estimate of drug-likeness (QED) is 0.373. The number of amides is 1. The Bertz CT molecular complexity index is 1340. The van der Waals surface area contributed by atoms with Crippen molar-refractivity contribution in [3.05, 3.63) is 64.5 Å². The van der Waals surface area contributed by atoms with Gasteiger partial charge < -0.3 is 5.32 Å². The zero-order valence-corrected chi connectivity index (χ0v) is 22.2. The van der Waals surface area contributed by atoms with Gasteiger partial charge in [-0.15, -0.1) is 0 Å². The molecule has 14 heteroatoms. The summed E-state index contributed by atoms with van der Waals surface area (Å²) in [6.07, 6.45) is -6.28. The van der Waals surface area contributed by atoms with E-state index in [2.05, 4.69) is 10.0 Å². The summed E-state index contributed by atoms with van der Waals surface area (Å²) < 4.78 is 119. The van der Waals surface area contributed by atoms with Gasteiger partial charge in [0.05, 0.1) is 28.5 Å². The van der Waals surface area contributed by atoms with Crippen molar-refractivity contribution in [3.63, 3.8) is 0 Å². The standard InChI is InChI=1S/C26H28F7N3O3S/c1-40(38,39)35-22-5-4-17(10-21(22)27)14-36-7-6-24(15-36,12-16-2-3-16)23(37)34-13-18-8-19(25(28,29)30)11-20(9-18)26(31,32)33/h4-5,8-11,16,35H,2-3,6-7,12-15H2,1H3,(H,34,37). The number of benzene rings is 2. The summed E-state index contributed by atoms with van der Waals surface area (Å²) in [5.74, 6) is -0.912. The average Bonchev–Trinajstić information content (AvgIpc) is 3.55. The maximum Gasteiger partial charge on any atom is 0.416 e. The minimum Gasteiger partial charge on any atom is -0.352 e. The lowest BCUT2D eigenvalue weighted by Crippen LogP contribution is -2.43. The second-order valence-electron chi connectivity index (χ2n) is 10.7. The molecular weight excluding hydrogens is 567 g/mol. The van der Waals surface area contributed by atoms with Crippen LogP contribution in [-0.2, 0) is 40.3 Å². The summed E-state index contributed by atoms with van der Waals surface area (Å²) in [6.45, 7) is 0.500. The molecule has 0 spiro atoms. The molecule has 0 aromatic heterocycles. The third-order valence-corrected chi connectivity index (χ3v) is 7.72. The van der Waals surface area contributed by atoms with Crippen LogP contribution in [0.5, 0.6) is 0 Å². The molecule has 1 aliphatic heterocycles. The Morgan fingerprint density at radius 1 is 1.00 bits per heavy atom. The number of rotatable bonds is 9.